The van der Waals surface area contributed by atoms with E-state index in [1.807, 2.05) is 25.1 Å². The fourth-order valence-electron chi connectivity index (χ4n) is 2.28. The second kappa shape index (κ2) is 7.70. The number of para-hydroxylation sites is 1. The predicted octanol–water partition coefficient (Wildman–Crippen LogP) is 4.15. The van der Waals surface area contributed by atoms with Gasteiger partial charge < -0.3 is 14.8 Å². The van der Waals surface area contributed by atoms with Crippen LogP contribution in [0.2, 0.25) is 0 Å². The molecule has 0 saturated heterocycles. The molecule has 0 radical (unpaired) electrons. The Labute approximate surface area is 126 Å². The molecule has 0 aromatic heterocycles. The van der Waals surface area contributed by atoms with Crippen molar-refractivity contribution >= 4 is 5.69 Å². The fraction of sp³-hybridized carbons (Fsp3) is 0.333. The monoisotopic (exact) mass is 285 g/mol. The van der Waals surface area contributed by atoms with Crippen molar-refractivity contribution in [3.63, 3.8) is 0 Å². The summed E-state index contributed by atoms with van der Waals surface area (Å²) < 4.78 is 10.8. The highest BCUT2D eigenvalue weighted by atomic mass is 16.5. The summed E-state index contributed by atoms with van der Waals surface area (Å²) in [6.45, 7) is 6.23. The predicted molar refractivity (Wildman–Crippen MR) is 86.8 cm³/mol. The molecule has 0 fully saturated rings. The van der Waals surface area contributed by atoms with Crippen molar-refractivity contribution in [3.05, 3.63) is 59.2 Å². The summed E-state index contributed by atoms with van der Waals surface area (Å²) in [5.41, 5.74) is 4.70. The van der Waals surface area contributed by atoms with Crippen LogP contribution in [0, 0.1) is 6.92 Å². The van der Waals surface area contributed by atoms with Crippen LogP contribution in [-0.4, -0.2) is 13.7 Å². The zero-order chi connectivity index (χ0) is 15.1. The van der Waals surface area contributed by atoms with E-state index >= 15 is 0 Å². The Morgan fingerprint density at radius 1 is 1.10 bits per heavy atom. The van der Waals surface area contributed by atoms with E-state index in [0.717, 1.165) is 30.2 Å². The molecule has 0 aliphatic heterocycles. The maximum Gasteiger partial charge on any atom is 0.121 e. The topological polar surface area (TPSA) is 30.5 Å². The first-order valence-corrected chi connectivity index (χ1v) is 7.27. The number of hydrogen-bond donors (Lipinski definition) is 1. The Kier molecular flexibility index (Phi) is 5.64. The summed E-state index contributed by atoms with van der Waals surface area (Å²) in [6, 6.07) is 14.5. The molecule has 2 aromatic carbocycles. The SMILES string of the molecule is CCOCc1ccccc1NCc1ccc(OC)c(C)c1. The van der Waals surface area contributed by atoms with E-state index in [1.165, 1.54) is 11.1 Å². The van der Waals surface area contributed by atoms with Gasteiger partial charge in [-0.3, -0.25) is 0 Å². The quantitative estimate of drug-likeness (QED) is 0.829. The second-order valence-electron chi connectivity index (χ2n) is 4.95. The zero-order valence-corrected chi connectivity index (χ0v) is 13.0. The van der Waals surface area contributed by atoms with Crippen LogP contribution < -0.4 is 10.1 Å². The van der Waals surface area contributed by atoms with Crippen LogP contribution in [0.5, 0.6) is 5.75 Å². The Morgan fingerprint density at radius 2 is 1.90 bits per heavy atom. The average Bonchev–Trinajstić information content (AvgIpc) is 2.52. The largest absolute Gasteiger partial charge is 0.496 e. The normalized spacial score (nSPS) is 10.4. The molecule has 0 aliphatic rings. The molecule has 0 aliphatic carbocycles. The van der Waals surface area contributed by atoms with Crippen molar-refractivity contribution in [2.75, 3.05) is 19.0 Å². The van der Waals surface area contributed by atoms with Gasteiger partial charge in [-0.1, -0.05) is 30.3 Å². The molecular formula is C18H23NO2. The van der Waals surface area contributed by atoms with Gasteiger partial charge >= 0.3 is 0 Å². The molecule has 0 heterocycles. The molecule has 0 atom stereocenters. The highest BCUT2D eigenvalue weighted by Crippen LogP contribution is 2.21. The molecule has 21 heavy (non-hydrogen) atoms. The summed E-state index contributed by atoms with van der Waals surface area (Å²) in [7, 11) is 1.70. The third-order valence-electron chi connectivity index (χ3n) is 3.42. The van der Waals surface area contributed by atoms with E-state index in [9.17, 15) is 0 Å². The van der Waals surface area contributed by atoms with Crippen molar-refractivity contribution in [2.45, 2.75) is 27.0 Å². The van der Waals surface area contributed by atoms with Gasteiger partial charge in [0, 0.05) is 24.4 Å². The molecule has 2 aromatic rings. The number of nitrogens with one attached hydrogen (secondary N) is 1. The lowest BCUT2D eigenvalue weighted by Gasteiger charge is -2.13. The maximum atomic E-state index is 5.51. The lowest BCUT2D eigenvalue weighted by molar-refractivity contribution is 0.134. The van der Waals surface area contributed by atoms with Gasteiger partial charge in [-0.25, -0.2) is 0 Å². The standard InChI is InChI=1S/C18H23NO2/c1-4-21-13-16-7-5-6-8-17(16)19-12-15-9-10-18(20-3)14(2)11-15/h5-11,19H,4,12-13H2,1-3H3. The second-order valence-corrected chi connectivity index (χ2v) is 4.95. The van der Waals surface area contributed by atoms with Gasteiger partial charge in [0.25, 0.3) is 0 Å². The number of ether oxygens (including phenoxy) is 2. The molecule has 2 rings (SSSR count). The lowest BCUT2D eigenvalue weighted by Crippen LogP contribution is -2.04. The summed E-state index contributed by atoms with van der Waals surface area (Å²) in [4.78, 5) is 0. The van der Waals surface area contributed by atoms with Crippen LogP contribution in [0.1, 0.15) is 23.6 Å². The van der Waals surface area contributed by atoms with Crippen LogP contribution >= 0.6 is 0 Å². The number of rotatable bonds is 7. The average molecular weight is 285 g/mol. The van der Waals surface area contributed by atoms with Crippen LogP contribution in [0.15, 0.2) is 42.5 Å². The molecule has 0 amide bonds. The summed E-state index contributed by atoms with van der Waals surface area (Å²) in [5, 5.41) is 3.48. The molecule has 1 N–H and O–H groups in total. The summed E-state index contributed by atoms with van der Waals surface area (Å²) in [6.07, 6.45) is 0. The van der Waals surface area contributed by atoms with E-state index in [-0.39, 0.29) is 0 Å². The maximum absolute atomic E-state index is 5.51. The number of benzene rings is 2. The third-order valence-corrected chi connectivity index (χ3v) is 3.42. The Balaban J connectivity index is 2.04. The van der Waals surface area contributed by atoms with Crippen LogP contribution in [0.3, 0.4) is 0 Å². The van der Waals surface area contributed by atoms with Crippen LogP contribution in [-0.2, 0) is 17.9 Å². The lowest BCUT2D eigenvalue weighted by atomic mass is 10.1. The Morgan fingerprint density at radius 3 is 2.62 bits per heavy atom. The van der Waals surface area contributed by atoms with Crippen molar-refractivity contribution in [2.24, 2.45) is 0 Å². The first-order chi connectivity index (χ1) is 10.2. The zero-order valence-electron chi connectivity index (χ0n) is 13.0. The number of hydrogen-bond acceptors (Lipinski definition) is 3. The van der Waals surface area contributed by atoms with Gasteiger partial charge in [-0.2, -0.15) is 0 Å². The first kappa shape index (κ1) is 15.4. The molecule has 0 saturated carbocycles. The van der Waals surface area contributed by atoms with Crippen LogP contribution in [0.25, 0.3) is 0 Å². The molecule has 0 unspecified atom stereocenters. The molecule has 0 spiro atoms. The summed E-state index contributed by atoms with van der Waals surface area (Å²) in [5.74, 6) is 0.926. The van der Waals surface area contributed by atoms with Gasteiger partial charge in [0.2, 0.25) is 0 Å². The smallest absolute Gasteiger partial charge is 0.121 e. The van der Waals surface area contributed by atoms with Crippen molar-refractivity contribution in [1.29, 1.82) is 0 Å². The van der Waals surface area contributed by atoms with Crippen LogP contribution in [0.4, 0.5) is 5.69 Å². The van der Waals surface area contributed by atoms with Gasteiger partial charge in [0.05, 0.1) is 13.7 Å². The van der Waals surface area contributed by atoms with Gasteiger partial charge in [-0.15, -0.1) is 0 Å². The highest BCUT2D eigenvalue weighted by molar-refractivity contribution is 5.51. The number of methoxy groups -OCH3 is 1. The number of anilines is 1. The van der Waals surface area contributed by atoms with Gasteiger partial charge in [0.15, 0.2) is 0 Å². The minimum atomic E-state index is 0.640. The molecule has 3 nitrogen and oxygen atoms in total. The molecular weight excluding hydrogens is 262 g/mol. The van der Waals surface area contributed by atoms with Crippen molar-refractivity contribution in [3.8, 4) is 5.75 Å². The number of aryl methyl sites for hydroxylation is 1. The molecule has 112 valence electrons. The summed E-state index contributed by atoms with van der Waals surface area (Å²) >= 11 is 0. The van der Waals surface area contributed by atoms with Crippen molar-refractivity contribution in [1.82, 2.24) is 0 Å². The van der Waals surface area contributed by atoms with E-state index in [2.05, 4.69) is 36.5 Å². The van der Waals surface area contributed by atoms with E-state index in [1.54, 1.807) is 7.11 Å². The van der Waals surface area contributed by atoms with E-state index < -0.39 is 0 Å². The molecule has 3 heteroatoms. The third kappa shape index (κ3) is 4.23. The Bertz CT molecular complexity index is 581. The highest BCUT2D eigenvalue weighted by Gasteiger charge is 2.03. The van der Waals surface area contributed by atoms with Gasteiger partial charge in [-0.05, 0) is 37.1 Å². The van der Waals surface area contributed by atoms with E-state index in [0.29, 0.717) is 6.61 Å². The van der Waals surface area contributed by atoms with Gasteiger partial charge in [0.1, 0.15) is 5.75 Å². The minimum absolute atomic E-state index is 0.640. The minimum Gasteiger partial charge on any atom is -0.496 e. The first-order valence-electron chi connectivity index (χ1n) is 7.27. The fourth-order valence-corrected chi connectivity index (χ4v) is 2.28. The Hall–Kier alpha value is -2.00. The molecule has 0 bridgehead atoms. The van der Waals surface area contributed by atoms with E-state index in [4.69, 9.17) is 9.47 Å². The van der Waals surface area contributed by atoms with Crippen molar-refractivity contribution < 1.29 is 9.47 Å².